The first-order valence-electron chi connectivity index (χ1n) is 10.9. The van der Waals surface area contributed by atoms with Crippen molar-refractivity contribution in [2.75, 3.05) is 12.4 Å². The maximum absolute atomic E-state index is 13.0. The number of carbonyl (C=O) groups is 2. The first-order valence-corrected chi connectivity index (χ1v) is 10.9. The molecule has 2 amide bonds. The first kappa shape index (κ1) is 25.4. The number of aromatic nitrogens is 4. The lowest BCUT2D eigenvalue weighted by molar-refractivity contribution is -0.274. The number of fused-ring (bicyclic) bond motifs is 1. The van der Waals surface area contributed by atoms with Crippen molar-refractivity contribution in [2.45, 2.75) is 26.8 Å². The molecule has 13 heteroatoms. The maximum Gasteiger partial charge on any atom is 0.573 e. The Balaban J connectivity index is 1.59. The van der Waals surface area contributed by atoms with E-state index < -0.39 is 18.0 Å². The van der Waals surface area contributed by atoms with Crippen LogP contribution in [0, 0.1) is 6.92 Å². The zero-order valence-corrected chi connectivity index (χ0v) is 19.9. The van der Waals surface area contributed by atoms with Gasteiger partial charge in [-0.3, -0.25) is 9.59 Å². The van der Waals surface area contributed by atoms with Gasteiger partial charge in [0, 0.05) is 19.0 Å². The van der Waals surface area contributed by atoms with Gasteiger partial charge >= 0.3 is 6.36 Å². The molecule has 0 unspecified atom stereocenters. The largest absolute Gasteiger partial charge is 0.573 e. The molecule has 4 aromatic rings. The summed E-state index contributed by atoms with van der Waals surface area (Å²) < 4.78 is 48.2. The summed E-state index contributed by atoms with van der Waals surface area (Å²) in [6.07, 6.45) is -3.27. The van der Waals surface area contributed by atoms with Crippen molar-refractivity contribution < 1.29 is 32.2 Å². The molecule has 1 aromatic carbocycles. The Morgan fingerprint density at radius 1 is 1.11 bits per heavy atom. The number of hydrogen-bond donors (Lipinski definition) is 2. The number of amides is 2. The highest BCUT2D eigenvalue weighted by atomic mass is 19.4. The van der Waals surface area contributed by atoms with Crippen molar-refractivity contribution in [3.63, 3.8) is 0 Å². The number of anilines is 1. The SMILES string of the molecule is COc1nc(C)c(-c2ccc3nc(NC(C)=O)cn3n2)cc1C(=O)NCc1cccc(OC(F)(F)F)c1. The van der Waals surface area contributed by atoms with Crippen LogP contribution in [0.25, 0.3) is 16.9 Å². The van der Waals surface area contributed by atoms with Crippen LogP contribution >= 0.6 is 0 Å². The van der Waals surface area contributed by atoms with Crippen LogP contribution in [-0.4, -0.2) is 44.9 Å². The third-order valence-corrected chi connectivity index (χ3v) is 5.10. The van der Waals surface area contributed by atoms with Gasteiger partial charge < -0.3 is 20.1 Å². The smallest absolute Gasteiger partial charge is 0.480 e. The number of nitrogens with zero attached hydrogens (tertiary/aromatic N) is 4. The van der Waals surface area contributed by atoms with Crippen LogP contribution in [0.4, 0.5) is 19.0 Å². The molecule has 0 aliphatic heterocycles. The summed E-state index contributed by atoms with van der Waals surface area (Å²) in [6, 6.07) is 10.3. The summed E-state index contributed by atoms with van der Waals surface area (Å²) in [5.74, 6) is -0.798. The molecular weight excluding hydrogens is 493 g/mol. The predicted molar refractivity (Wildman–Crippen MR) is 126 cm³/mol. The molecule has 0 saturated carbocycles. The van der Waals surface area contributed by atoms with Crippen molar-refractivity contribution >= 4 is 23.3 Å². The van der Waals surface area contributed by atoms with Gasteiger partial charge in [-0.25, -0.2) is 14.5 Å². The van der Waals surface area contributed by atoms with Gasteiger partial charge in [0.05, 0.1) is 24.7 Å². The molecule has 0 saturated heterocycles. The van der Waals surface area contributed by atoms with Gasteiger partial charge in [-0.15, -0.1) is 13.2 Å². The Morgan fingerprint density at radius 3 is 2.59 bits per heavy atom. The Labute approximate surface area is 208 Å². The number of aryl methyl sites for hydroxylation is 1. The van der Waals surface area contributed by atoms with Gasteiger partial charge in [-0.05, 0) is 42.8 Å². The lowest BCUT2D eigenvalue weighted by Gasteiger charge is -2.13. The van der Waals surface area contributed by atoms with E-state index in [0.717, 1.165) is 0 Å². The highest BCUT2D eigenvalue weighted by Crippen LogP contribution is 2.28. The van der Waals surface area contributed by atoms with Crippen molar-refractivity contribution in [3.05, 3.63) is 65.5 Å². The van der Waals surface area contributed by atoms with Crippen LogP contribution in [-0.2, 0) is 11.3 Å². The zero-order valence-electron chi connectivity index (χ0n) is 19.9. The fourth-order valence-electron chi connectivity index (χ4n) is 3.56. The number of carbonyl (C=O) groups excluding carboxylic acids is 2. The first-order chi connectivity index (χ1) is 17.5. The maximum atomic E-state index is 13.0. The van der Waals surface area contributed by atoms with E-state index in [0.29, 0.717) is 34.0 Å². The average Bonchev–Trinajstić information content (AvgIpc) is 3.22. The molecule has 3 aromatic heterocycles. The number of imidazole rings is 1. The second kappa shape index (κ2) is 10.1. The van der Waals surface area contributed by atoms with Crippen molar-refractivity contribution in [2.24, 2.45) is 0 Å². The molecule has 0 aliphatic rings. The molecule has 192 valence electrons. The minimum Gasteiger partial charge on any atom is -0.480 e. The average molecular weight is 514 g/mol. The zero-order chi connectivity index (χ0) is 26.7. The van der Waals surface area contributed by atoms with E-state index in [2.05, 4.69) is 30.4 Å². The van der Waals surface area contributed by atoms with Crippen molar-refractivity contribution in [1.29, 1.82) is 0 Å². The predicted octanol–water partition coefficient (Wildman–Crippen LogP) is 3.90. The number of halogens is 3. The molecule has 2 N–H and O–H groups in total. The fraction of sp³-hybridized carbons (Fsp3) is 0.208. The molecule has 0 spiro atoms. The Morgan fingerprint density at radius 2 is 1.89 bits per heavy atom. The van der Waals surface area contributed by atoms with Gasteiger partial charge in [0.15, 0.2) is 11.5 Å². The van der Waals surface area contributed by atoms with Crippen LogP contribution in [0.1, 0.15) is 28.5 Å². The lowest BCUT2D eigenvalue weighted by atomic mass is 10.1. The number of rotatable bonds is 7. The number of pyridine rings is 1. The van der Waals surface area contributed by atoms with Gasteiger partial charge in [0.2, 0.25) is 11.8 Å². The van der Waals surface area contributed by atoms with Crippen LogP contribution in [0.5, 0.6) is 11.6 Å². The molecular formula is C24H21F3N6O4. The van der Waals surface area contributed by atoms with Crippen LogP contribution in [0.2, 0.25) is 0 Å². The quantitative estimate of drug-likeness (QED) is 0.384. The highest BCUT2D eigenvalue weighted by molar-refractivity contribution is 5.97. The molecule has 37 heavy (non-hydrogen) atoms. The second-order valence-corrected chi connectivity index (χ2v) is 7.88. The standard InChI is InChI=1S/C24H21F3N6O4/c1-13-17(19-7-8-21-31-20(30-14(2)34)12-33(21)32-19)10-18(23(29-13)36-3)22(35)28-11-15-5-4-6-16(9-15)37-24(25,26)27/h4-10,12H,11H2,1-3H3,(H,28,35)(H,30,34). The number of ether oxygens (including phenoxy) is 2. The molecule has 10 nitrogen and oxygen atoms in total. The van der Waals surface area contributed by atoms with Crippen molar-refractivity contribution in [3.8, 4) is 22.9 Å². The van der Waals surface area contributed by atoms with Crippen molar-refractivity contribution in [1.82, 2.24) is 24.9 Å². The Bertz CT molecular complexity index is 1490. The van der Waals surface area contributed by atoms with E-state index in [-0.39, 0.29) is 23.9 Å². The van der Waals surface area contributed by atoms with Gasteiger partial charge in [-0.2, -0.15) is 5.10 Å². The molecule has 0 aliphatic carbocycles. The summed E-state index contributed by atoms with van der Waals surface area (Å²) in [6.45, 7) is 3.04. The molecule has 0 bridgehead atoms. The Kier molecular flexibility index (Phi) is 6.96. The lowest BCUT2D eigenvalue weighted by Crippen LogP contribution is -2.24. The number of nitrogens with one attached hydrogen (secondary N) is 2. The van der Waals surface area contributed by atoms with Crippen LogP contribution < -0.4 is 20.1 Å². The third-order valence-electron chi connectivity index (χ3n) is 5.10. The number of alkyl halides is 3. The van der Waals surface area contributed by atoms with E-state index >= 15 is 0 Å². The monoisotopic (exact) mass is 514 g/mol. The summed E-state index contributed by atoms with van der Waals surface area (Å²) in [7, 11) is 1.37. The molecule has 4 rings (SSSR count). The van der Waals surface area contributed by atoms with E-state index in [1.807, 2.05) is 0 Å². The summed E-state index contributed by atoms with van der Waals surface area (Å²) >= 11 is 0. The summed E-state index contributed by atoms with van der Waals surface area (Å²) in [4.78, 5) is 32.9. The van der Waals surface area contributed by atoms with Crippen LogP contribution in [0.15, 0.2) is 48.7 Å². The molecule has 0 radical (unpaired) electrons. The van der Waals surface area contributed by atoms with E-state index in [1.165, 1.54) is 36.7 Å². The normalized spacial score (nSPS) is 11.3. The number of methoxy groups -OCH3 is 1. The summed E-state index contributed by atoms with van der Waals surface area (Å²) in [5.41, 5.74) is 2.58. The van der Waals surface area contributed by atoms with E-state index in [9.17, 15) is 22.8 Å². The number of hydrogen-bond acceptors (Lipinski definition) is 7. The van der Waals surface area contributed by atoms with E-state index in [4.69, 9.17) is 4.74 Å². The molecule has 0 atom stereocenters. The Hall–Kier alpha value is -4.68. The number of benzene rings is 1. The minimum absolute atomic E-state index is 0.0641. The van der Waals surface area contributed by atoms with Gasteiger partial charge in [0.1, 0.15) is 11.3 Å². The molecule has 3 heterocycles. The van der Waals surface area contributed by atoms with E-state index in [1.54, 1.807) is 37.4 Å². The minimum atomic E-state index is -4.82. The second-order valence-electron chi connectivity index (χ2n) is 7.88. The third kappa shape index (κ3) is 6.12. The van der Waals surface area contributed by atoms with Gasteiger partial charge in [0.25, 0.3) is 5.91 Å². The fourth-order valence-corrected chi connectivity index (χ4v) is 3.56. The summed E-state index contributed by atoms with van der Waals surface area (Å²) in [5, 5.41) is 9.75. The molecule has 0 fully saturated rings. The van der Waals surface area contributed by atoms with Gasteiger partial charge in [-0.1, -0.05) is 12.1 Å². The highest BCUT2D eigenvalue weighted by Gasteiger charge is 2.31. The van der Waals surface area contributed by atoms with Crippen LogP contribution in [0.3, 0.4) is 0 Å². The topological polar surface area (TPSA) is 120 Å².